The van der Waals surface area contributed by atoms with Gasteiger partial charge in [0.1, 0.15) is 22.8 Å². The molecule has 0 unspecified atom stereocenters. The Balaban J connectivity index is 2.05. The quantitative estimate of drug-likeness (QED) is 0.288. The number of halogens is 4. The fraction of sp³-hybridized carbons (Fsp3) is 0.150. The van der Waals surface area contributed by atoms with Crippen LogP contribution in [0.15, 0.2) is 35.9 Å². The third-order valence-electron chi connectivity index (χ3n) is 3.82. The third kappa shape index (κ3) is 4.44. The summed E-state index contributed by atoms with van der Waals surface area (Å²) in [5.41, 5.74) is -1.57. The second-order valence-electron chi connectivity index (χ2n) is 6.53. The van der Waals surface area contributed by atoms with E-state index in [0.717, 1.165) is 24.3 Å². The van der Waals surface area contributed by atoms with Crippen LogP contribution in [0.4, 0.5) is 8.78 Å². The molecule has 6 nitrogen and oxygen atoms in total. The summed E-state index contributed by atoms with van der Waals surface area (Å²) in [5.74, 6) is -7.52. The van der Waals surface area contributed by atoms with Gasteiger partial charge in [-0.25, -0.2) is 23.2 Å². The number of benzene rings is 2. The summed E-state index contributed by atoms with van der Waals surface area (Å²) in [4.78, 5) is 36.7. The van der Waals surface area contributed by atoms with Gasteiger partial charge in [0.05, 0.1) is 5.02 Å². The van der Waals surface area contributed by atoms with Crippen molar-refractivity contribution in [1.29, 1.82) is 0 Å². The Morgan fingerprint density at radius 3 is 2.20 bits per heavy atom. The normalized spacial score (nSPS) is 15.3. The number of carbonyl (C=O) groups excluding carboxylic acids is 3. The van der Waals surface area contributed by atoms with Gasteiger partial charge < -0.3 is 14.2 Å². The second-order valence-corrected chi connectivity index (χ2v) is 7.37. The molecule has 1 aliphatic heterocycles. The lowest BCUT2D eigenvalue weighted by atomic mass is 10.1. The molecule has 0 atom stereocenters. The molecule has 2 aromatic rings. The van der Waals surface area contributed by atoms with Gasteiger partial charge in [-0.15, -0.1) is 0 Å². The van der Waals surface area contributed by atoms with Crippen molar-refractivity contribution in [2.75, 3.05) is 0 Å². The first-order valence-electron chi connectivity index (χ1n) is 8.32. The zero-order valence-corrected chi connectivity index (χ0v) is 16.9. The van der Waals surface area contributed by atoms with E-state index < -0.39 is 46.5 Å². The highest BCUT2D eigenvalue weighted by molar-refractivity contribution is 6.36. The zero-order valence-electron chi connectivity index (χ0n) is 15.4. The molecule has 10 heteroatoms. The number of ether oxygens (including phenoxy) is 3. The van der Waals surface area contributed by atoms with Crippen molar-refractivity contribution >= 4 is 47.2 Å². The van der Waals surface area contributed by atoms with Crippen LogP contribution < -0.4 is 4.74 Å². The molecule has 0 aliphatic carbocycles. The fourth-order valence-electron chi connectivity index (χ4n) is 2.57. The van der Waals surface area contributed by atoms with Gasteiger partial charge in [0.2, 0.25) is 0 Å². The maximum Gasteiger partial charge on any atom is 0.349 e. The SMILES string of the molecule is CC1(C)OC(=O)C(=Cc2cc(Cl)cc(Cl)c2OC(=O)c2c(F)cccc2F)C(=O)O1. The van der Waals surface area contributed by atoms with Gasteiger partial charge in [0, 0.05) is 24.4 Å². The lowest BCUT2D eigenvalue weighted by Gasteiger charge is -2.29. The smallest absolute Gasteiger partial charge is 0.349 e. The van der Waals surface area contributed by atoms with Crippen molar-refractivity contribution in [1.82, 2.24) is 0 Å². The summed E-state index contributed by atoms with van der Waals surface area (Å²) in [7, 11) is 0. The number of hydrogen-bond donors (Lipinski definition) is 0. The van der Waals surface area contributed by atoms with Crippen molar-refractivity contribution in [2.45, 2.75) is 19.6 Å². The minimum atomic E-state index is -1.46. The maximum atomic E-state index is 13.9. The number of esters is 3. The Bertz CT molecular complexity index is 1070. The molecule has 30 heavy (non-hydrogen) atoms. The first-order valence-corrected chi connectivity index (χ1v) is 9.08. The van der Waals surface area contributed by atoms with E-state index in [2.05, 4.69) is 0 Å². The van der Waals surface area contributed by atoms with Crippen LogP contribution in [0.25, 0.3) is 6.08 Å². The van der Waals surface area contributed by atoms with Crippen LogP contribution in [-0.2, 0) is 19.1 Å². The molecule has 1 saturated heterocycles. The standard InChI is InChI=1S/C20H12Cl2F2O6/c1-20(2)29-17(25)11(18(26)30-20)7-9-6-10(21)8-12(22)16(9)28-19(27)15-13(23)4-3-5-14(15)24/h3-8H,1-2H3. The topological polar surface area (TPSA) is 78.9 Å². The van der Waals surface area contributed by atoms with E-state index in [1.54, 1.807) is 0 Å². The van der Waals surface area contributed by atoms with Crippen LogP contribution in [0.1, 0.15) is 29.8 Å². The van der Waals surface area contributed by atoms with Gasteiger partial charge in [0.25, 0.3) is 5.79 Å². The van der Waals surface area contributed by atoms with Crippen molar-refractivity contribution < 1.29 is 37.4 Å². The molecule has 0 saturated carbocycles. The lowest BCUT2D eigenvalue weighted by Crippen LogP contribution is -2.41. The van der Waals surface area contributed by atoms with E-state index in [0.29, 0.717) is 0 Å². The molecule has 0 spiro atoms. The summed E-state index contributed by atoms with van der Waals surface area (Å²) in [6, 6.07) is 5.26. The monoisotopic (exact) mass is 456 g/mol. The number of rotatable bonds is 3. The molecular weight excluding hydrogens is 445 g/mol. The van der Waals surface area contributed by atoms with Crippen LogP contribution in [0, 0.1) is 11.6 Å². The van der Waals surface area contributed by atoms with Gasteiger partial charge in [0.15, 0.2) is 5.75 Å². The van der Waals surface area contributed by atoms with Crippen LogP contribution in [0.2, 0.25) is 10.0 Å². The Labute approximate surface area is 178 Å². The van der Waals surface area contributed by atoms with Crippen LogP contribution in [-0.4, -0.2) is 23.7 Å². The largest absolute Gasteiger partial charge is 0.421 e. The molecule has 0 bridgehead atoms. The molecule has 156 valence electrons. The van der Waals surface area contributed by atoms with E-state index in [1.807, 2.05) is 0 Å². The Morgan fingerprint density at radius 1 is 1.07 bits per heavy atom. The summed E-state index contributed by atoms with van der Waals surface area (Å²) in [5, 5.41) is -0.140. The first kappa shape index (κ1) is 21.7. The van der Waals surface area contributed by atoms with Gasteiger partial charge in [-0.05, 0) is 30.3 Å². The minimum Gasteiger partial charge on any atom is -0.421 e. The molecule has 0 aromatic heterocycles. The Hall–Kier alpha value is -2.97. The Morgan fingerprint density at radius 2 is 1.63 bits per heavy atom. The lowest BCUT2D eigenvalue weighted by molar-refractivity contribution is -0.222. The van der Waals surface area contributed by atoms with Crippen LogP contribution >= 0.6 is 23.2 Å². The van der Waals surface area contributed by atoms with Gasteiger partial charge in [-0.2, -0.15) is 0 Å². The molecule has 0 N–H and O–H groups in total. The van der Waals surface area contributed by atoms with E-state index in [-0.39, 0.29) is 21.4 Å². The first-order chi connectivity index (χ1) is 14.0. The summed E-state index contributed by atoms with van der Waals surface area (Å²) in [6.45, 7) is 2.73. The highest BCUT2D eigenvalue weighted by Crippen LogP contribution is 2.36. The number of hydrogen-bond acceptors (Lipinski definition) is 6. The maximum absolute atomic E-state index is 13.9. The van der Waals surface area contributed by atoms with Crippen molar-refractivity contribution in [3.05, 3.63) is 68.7 Å². The molecular formula is C20H12Cl2F2O6. The summed E-state index contributed by atoms with van der Waals surface area (Å²) < 4.78 is 42.8. The average molecular weight is 457 g/mol. The third-order valence-corrected chi connectivity index (χ3v) is 4.31. The molecule has 0 radical (unpaired) electrons. The molecule has 3 rings (SSSR count). The molecule has 1 heterocycles. The Kier molecular flexibility index (Phi) is 5.83. The van der Waals surface area contributed by atoms with Crippen molar-refractivity contribution in [3.63, 3.8) is 0 Å². The molecule has 2 aromatic carbocycles. The fourth-order valence-corrected chi connectivity index (χ4v) is 3.11. The van der Waals surface area contributed by atoms with Gasteiger partial charge >= 0.3 is 17.9 Å². The molecule has 0 amide bonds. The van der Waals surface area contributed by atoms with Crippen molar-refractivity contribution in [2.24, 2.45) is 0 Å². The number of cyclic esters (lactones) is 2. The van der Waals surface area contributed by atoms with E-state index in [1.165, 1.54) is 26.0 Å². The van der Waals surface area contributed by atoms with Crippen LogP contribution in [0.5, 0.6) is 5.75 Å². The summed E-state index contributed by atoms with van der Waals surface area (Å²) in [6.07, 6.45) is 0.984. The minimum absolute atomic E-state index is 0.0709. The predicted octanol–water partition coefficient (Wildman–Crippen LogP) is 4.71. The predicted molar refractivity (Wildman–Crippen MR) is 102 cm³/mol. The average Bonchev–Trinajstić information content (AvgIpc) is 2.60. The highest BCUT2D eigenvalue weighted by Gasteiger charge is 2.39. The van der Waals surface area contributed by atoms with E-state index in [4.69, 9.17) is 37.4 Å². The van der Waals surface area contributed by atoms with Gasteiger partial charge in [-0.3, -0.25) is 0 Å². The summed E-state index contributed by atoms with van der Waals surface area (Å²) >= 11 is 12.0. The molecule has 1 aliphatic rings. The van der Waals surface area contributed by atoms with Crippen LogP contribution in [0.3, 0.4) is 0 Å². The van der Waals surface area contributed by atoms with E-state index >= 15 is 0 Å². The highest BCUT2D eigenvalue weighted by atomic mass is 35.5. The molecule has 1 fully saturated rings. The number of carbonyl (C=O) groups is 3. The van der Waals surface area contributed by atoms with E-state index in [9.17, 15) is 23.2 Å². The van der Waals surface area contributed by atoms with Crippen molar-refractivity contribution in [3.8, 4) is 5.75 Å². The zero-order chi connectivity index (χ0) is 22.2. The second kappa shape index (κ2) is 8.04. The van der Waals surface area contributed by atoms with Gasteiger partial charge in [-0.1, -0.05) is 29.3 Å².